The van der Waals surface area contributed by atoms with Crippen molar-refractivity contribution in [2.24, 2.45) is 7.05 Å². The molecule has 0 saturated heterocycles. The van der Waals surface area contributed by atoms with Crippen LogP contribution in [0.25, 0.3) is 0 Å². The Balaban J connectivity index is 1.97. The van der Waals surface area contributed by atoms with Gasteiger partial charge in [-0.05, 0) is 12.0 Å². The van der Waals surface area contributed by atoms with Crippen LogP contribution in [0.4, 0.5) is 0 Å². The maximum absolute atomic E-state index is 12.0. The highest BCUT2D eigenvalue weighted by Gasteiger charge is 2.14. The highest BCUT2D eigenvalue weighted by atomic mass is 79.9. The molecule has 0 aliphatic heterocycles. The van der Waals surface area contributed by atoms with Gasteiger partial charge in [0.2, 0.25) is 0 Å². The average Bonchev–Trinajstić information content (AvgIpc) is 2.86. The van der Waals surface area contributed by atoms with Gasteiger partial charge in [-0.2, -0.15) is 5.10 Å². The molecule has 100 valence electrons. The Labute approximate surface area is 120 Å². The Morgan fingerprint density at radius 2 is 2.16 bits per heavy atom. The van der Waals surface area contributed by atoms with Gasteiger partial charge in [0.05, 0.1) is 11.8 Å². The molecule has 1 amide bonds. The van der Waals surface area contributed by atoms with Crippen LogP contribution in [0.5, 0.6) is 0 Å². The van der Waals surface area contributed by atoms with Gasteiger partial charge in [-0.15, -0.1) is 0 Å². The van der Waals surface area contributed by atoms with Crippen LogP contribution in [-0.4, -0.2) is 27.1 Å². The third kappa shape index (κ3) is 3.92. The Morgan fingerprint density at radius 1 is 1.42 bits per heavy atom. The van der Waals surface area contributed by atoms with Crippen LogP contribution in [-0.2, 0) is 13.5 Å². The number of carbonyl (C=O) groups is 1. The molecular formula is C14H16BrN3O. The van der Waals surface area contributed by atoms with Crippen LogP contribution in [0, 0.1) is 0 Å². The third-order valence-electron chi connectivity index (χ3n) is 2.81. The Bertz CT molecular complexity index is 539. The van der Waals surface area contributed by atoms with Gasteiger partial charge in [0.1, 0.15) is 0 Å². The SMILES string of the molecule is Cn1cc(C(=O)NC(CBr)Cc2ccccc2)cn1. The second kappa shape index (κ2) is 6.52. The lowest BCUT2D eigenvalue weighted by molar-refractivity contribution is 0.0941. The van der Waals surface area contributed by atoms with Crippen molar-refractivity contribution < 1.29 is 4.79 Å². The van der Waals surface area contributed by atoms with Gasteiger partial charge in [0.25, 0.3) is 5.91 Å². The molecule has 1 N–H and O–H groups in total. The minimum Gasteiger partial charge on any atom is -0.348 e. The first-order valence-electron chi connectivity index (χ1n) is 6.08. The van der Waals surface area contributed by atoms with Crippen LogP contribution < -0.4 is 5.32 Å². The molecule has 5 heteroatoms. The zero-order valence-corrected chi connectivity index (χ0v) is 12.3. The number of aromatic nitrogens is 2. The number of aryl methyl sites for hydroxylation is 1. The van der Waals surface area contributed by atoms with Gasteiger partial charge in [-0.25, -0.2) is 0 Å². The predicted molar refractivity (Wildman–Crippen MR) is 78.4 cm³/mol. The van der Waals surface area contributed by atoms with Crippen LogP contribution >= 0.6 is 15.9 Å². The highest BCUT2D eigenvalue weighted by Crippen LogP contribution is 2.06. The summed E-state index contributed by atoms with van der Waals surface area (Å²) in [4.78, 5) is 12.0. The molecule has 2 rings (SSSR count). The lowest BCUT2D eigenvalue weighted by atomic mass is 10.1. The lowest BCUT2D eigenvalue weighted by Crippen LogP contribution is -2.37. The number of hydrogen-bond acceptors (Lipinski definition) is 2. The molecule has 0 aliphatic carbocycles. The minimum absolute atomic E-state index is 0.0649. The highest BCUT2D eigenvalue weighted by molar-refractivity contribution is 9.09. The number of amides is 1. The lowest BCUT2D eigenvalue weighted by Gasteiger charge is -2.15. The summed E-state index contributed by atoms with van der Waals surface area (Å²) in [5.41, 5.74) is 1.79. The summed E-state index contributed by atoms with van der Waals surface area (Å²) in [6.45, 7) is 0. The molecule has 1 heterocycles. The Kier molecular flexibility index (Phi) is 4.74. The maximum atomic E-state index is 12.0. The van der Waals surface area contributed by atoms with Crippen molar-refractivity contribution in [2.45, 2.75) is 12.5 Å². The van der Waals surface area contributed by atoms with E-state index in [1.54, 1.807) is 24.1 Å². The molecule has 19 heavy (non-hydrogen) atoms. The molecule has 1 aromatic heterocycles. The van der Waals surface area contributed by atoms with Crippen molar-refractivity contribution in [1.29, 1.82) is 0 Å². The van der Waals surface area contributed by atoms with Crippen molar-refractivity contribution >= 4 is 21.8 Å². The van der Waals surface area contributed by atoms with Crippen molar-refractivity contribution in [1.82, 2.24) is 15.1 Å². The first kappa shape index (κ1) is 13.8. The van der Waals surface area contributed by atoms with E-state index in [4.69, 9.17) is 0 Å². The summed E-state index contributed by atoms with van der Waals surface area (Å²) in [6, 6.07) is 10.2. The molecule has 0 bridgehead atoms. The van der Waals surface area contributed by atoms with E-state index in [1.807, 2.05) is 18.2 Å². The normalized spacial score (nSPS) is 12.1. The van der Waals surface area contributed by atoms with Crippen LogP contribution in [0.2, 0.25) is 0 Å². The number of halogens is 1. The molecule has 0 saturated carbocycles. The van der Waals surface area contributed by atoms with E-state index in [0.717, 1.165) is 6.42 Å². The van der Waals surface area contributed by atoms with Crippen molar-refractivity contribution in [3.05, 3.63) is 53.9 Å². The number of benzene rings is 1. The molecule has 0 radical (unpaired) electrons. The van der Waals surface area contributed by atoms with Gasteiger partial charge in [0, 0.05) is 24.6 Å². The smallest absolute Gasteiger partial charge is 0.254 e. The maximum Gasteiger partial charge on any atom is 0.254 e. The zero-order valence-electron chi connectivity index (χ0n) is 10.7. The summed E-state index contributed by atoms with van der Waals surface area (Å²) < 4.78 is 1.62. The predicted octanol–water partition coefficient (Wildman–Crippen LogP) is 2.16. The number of carbonyl (C=O) groups excluding carboxylic acids is 1. The van der Waals surface area contributed by atoms with Crippen LogP contribution in [0.1, 0.15) is 15.9 Å². The van der Waals surface area contributed by atoms with Gasteiger partial charge in [-0.3, -0.25) is 9.48 Å². The topological polar surface area (TPSA) is 46.9 Å². The second-order valence-electron chi connectivity index (χ2n) is 4.42. The van der Waals surface area contributed by atoms with Gasteiger partial charge in [0.15, 0.2) is 0 Å². The molecule has 0 fully saturated rings. The number of hydrogen-bond donors (Lipinski definition) is 1. The van der Waals surface area contributed by atoms with E-state index in [2.05, 4.69) is 38.5 Å². The molecule has 1 atom stereocenters. The van der Waals surface area contributed by atoms with Crippen molar-refractivity contribution in [3.63, 3.8) is 0 Å². The van der Waals surface area contributed by atoms with Crippen LogP contribution in [0.3, 0.4) is 0 Å². The fraction of sp³-hybridized carbons (Fsp3) is 0.286. The number of nitrogens with zero attached hydrogens (tertiary/aromatic N) is 2. The van der Waals surface area contributed by atoms with E-state index in [1.165, 1.54) is 5.56 Å². The van der Waals surface area contributed by atoms with E-state index in [-0.39, 0.29) is 11.9 Å². The number of alkyl halides is 1. The van der Waals surface area contributed by atoms with Gasteiger partial charge in [-0.1, -0.05) is 46.3 Å². The van der Waals surface area contributed by atoms with E-state index in [0.29, 0.717) is 10.9 Å². The summed E-state index contributed by atoms with van der Waals surface area (Å²) in [5, 5.41) is 7.72. The van der Waals surface area contributed by atoms with Gasteiger partial charge >= 0.3 is 0 Å². The first-order chi connectivity index (χ1) is 9.19. The summed E-state index contributed by atoms with van der Waals surface area (Å²) in [6.07, 6.45) is 4.09. The van der Waals surface area contributed by atoms with E-state index < -0.39 is 0 Å². The number of nitrogens with one attached hydrogen (secondary N) is 1. The van der Waals surface area contributed by atoms with Crippen molar-refractivity contribution in [3.8, 4) is 0 Å². The van der Waals surface area contributed by atoms with Crippen molar-refractivity contribution in [2.75, 3.05) is 5.33 Å². The third-order valence-corrected chi connectivity index (χ3v) is 3.60. The second-order valence-corrected chi connectivity index (χ2v) is 5.06. The monoisotopic (exact) mass is 321 g/mol. The molecule has 2 aromatic rings. The summed E-state index contributed by atoms with van der Waals surface area (Å²) in [5.74, 6) is -0.0894. The molecule has 1 unspecified atom stereocenters. The van der Waals surface area contributed by atoms with Crippen LogP contribution in [0.15, 0.2) is 42.7 Å². The Hall–Kier alpha value is -1.62. The summed E-state index contributed by atoms with van der Waals surface area (Å²) >= 11 is 3.44. The molecule has 0 aliphatic rings. The Morgan fingerprint density at radius 3 is 2.74 bits per heavy atom. The average molecular weight is 322 g/mol. The minimum atomic E-state index is -0.0894. The fourth-order valence-electron chi connectivity index (χ4n) is 1.85. The largest absolute Gasteiger partial charge is 0.348 e. The molecule has 4 nitrogen and oxygen atoms in total. The van der Waals surface area contributed by atoms with E-state index in [9.17, 15) is 4.79 Å². The first-order valence-corrected chi connectivity index (χ1v) is 7.20. The standard InChI is InChI=1S/C14H16BrN3O/c1-18-10-12(9-16-18)14(19)17-13(8-15)7-11-5-3-2-4-6-11/h2-6,9-10,13H,7-8H2,1H3,(H,17,19). The van der Waals surface area contributed by atoms with E-state index >= 15 is 0 Å². The molecular weight excluding hydrogens is 306 g/mol. The fourth-order valence-corrected chi connectivity index (χ4v) is 2.24. The van der Waals surface area contributed by atoms with Gasteiger partial charge < -0.3 is 5.32 Å². The zero-order chi connectivity index (χ0) is 13.7. The molecule has 0 spiro atoms. The molecule has 1 aromatic carbocycles. The summed E-state index contributed by atoms with van der Waals surface area (Å²) in [7, 11) is 1.79. The number of rotatable bonds is 5. The quantitative estimate of drug-likeness (QED) is 0.858.